The molecular weight excluding hydrogens is 252 g/mol. The van der Waals surface area contributed by atoms with Crippen LogP contribution in [0.5, 0.6) is 11.5 Å². The first kappa shape index (κ1) is 11.9. The number of furan rings is 1. The van der Waals surface area contributed by atoms with E-state index in [1.54, 1.807) is 0 Å². The third-order valence-electron chi connectivity index (χ3n) is 4.15. The normalized spacial score (nSPS) is 17.4. The van der Waals surface area contributed by atoms with Crippen molar-refractivity contribution in [2.45, 2.75) is 38.5 Å². The third kappa shape index (κ3) is 2.07. The maximum Gasteiger partial charge on any atom is 0.231 e. The van der Waals surface area contributed by atoms with Gasteiger partial charge in [0.1, 0.15) is 11.5 Å². The summed E-state index contributed by atoms with van der Waals surface area (Å²) in [6.45, 7) is 0.313. The minimum absolute atomic E-state index is 0.313. The van der Waals surface area contributed by atoms with Gasteiger partial charge in [-0.25, -0.2) is 0 Å². The van der Waals surface area contributed by atoms with Gasteiger partial charge in [-0.05, 0) is 49.1 Å². The Labute approximate surface area is 118 Å². The van der Waals surface area contributed by atoms with Gasteiger partial charge >= 0.3 is 0 Å². The highest BCUT2D eigenvalue weighted by Gasteiger charge is 2.18. The smallest absolute Gasteiger partial charge is 0.231 e. The van der Waals surface area contributed by atoms with Crippen LogP contribution >= 0.6 is 0 Å². The van der Waals surface area contributed by atoms with Crippen molar-refractivity contribution in [3.05, 3.63) is 35.6 Å². The lowest BCUT2D eigenvalue weighted by atomic mass is 9.99. The fourth-order valence-corrected chi connectivity index (χ4v) is 3.04. The molecule has 0 N–H and O–H groups in total. The van der Waals surface area contributed by atoms with E-state index in [2.05, 4.69) is 6.07 Å². The molecule has 0 atom stereocenters. The van der Waals surface area contributed by atoms with Crippen molar-refractivity contribution in [1.82, 2.24) is 0 Å². The molecule has 0 saturated carbocycles. The summed E-state index contributed by atoms with van der Waals surface area (Å²) in [7, 11) is 0. The molecule has 0 radical (unpaired) electrons. The van der Waals surface area contributed by atoms with E-state index in [1.807, 2.05) is 18.2 Å². The van der Waals surface area contributed by atoms with Gasteiger partial charge < -0.3 is 13.9 Å². The van der Waals surface area contributed by atoms with Crippen LogP contribution in [0.1, 0.15) is 37.0 Å². The van der Waals surface area contributed by atoms with Crippen molar-refractivity contribution in [2.75, 3.05) is 6.79 Å². The monoisotopic (exact) mass is 270 g/mol. The molecule has 1 aromatic carbocycles. The second-order valence-electron chi connectivity index (χ2n) is 5.54. The molecule has 4 rings (SSSR count). The summed E-state index contributed by atoms with van der Waals surface area (Å²) < 4.78 is 16.9. The Bertz CT molecular complexity index is 602. The molecular formula is C17H18O3. The predicted octanol–water partition coefficient (Wildman–Crippen LogP) is 4.33. The molecule has 3 heteroatoms. The van der Waals surface area contributed by atoms with Crippen LogP contribution in [0.2, 0.25) is 0 Å². The maximum atomic E-state index is 6.09. The number of aryl methyl sites for hydroxylation is 2. The molecule has 20 heavy (non-hydrogen) atoms. The topological polar surface area (TPSA) is 31.6 Å². The number of ether oxygens (including phenoxy) is 2. The Morgan fingerprint density at radius 3 is 2.60 bits per heavy atom. The highest BCUT2D eigenvalue weighted by molar-refractivity contribution is 5.64. The minimum atomic E-state index is 0.313. The molecule has 0 spiro atoms. The maximum absolute atomic E-state index is 6.09. The Hall–Kier alpha value is -1.90. The molecule has 0 bridgehead atoms. The van der Waals surface area contributed by atoms with Crippen molar-refractivity contribution >= 4 is 0 Å². The van der Waals surface area contributed by atoms with Crippen LogP contribution in [0.3, 0.4) is 0 Å². The van der Waals surface area contributed by atoms with Crippen molar-refractivity contribution in [1.29, 1.82) is 0 Å². The van der Waals surface area contributed by atoms with E-state index in [1.165, 1.54) is 37.0 Å². The van der Waals surface area contributed by atoms with Gasteiger partial charge in [-0.15, -0.1) is 0 Å². The van der Waals surface area contributed by atoms with Crippen molar-refractivity contribution in [3.63, 3.8) is 0 Å². The number of benzene rings is 1. The van der Waals surface area contributed by atoms with Gasteiger partial charge in [0.2, 0.25) is 6.79 Å². The highest BCUT2D eigenvalue weighted by Crippen LogP contribution is 2.37. The first-order valence-electron chi connectivity index (χ1n) is 7.42. The fraction of sp³-hybridized carbons (Fsp3) is 0.412. The van der Waals surface area contributed by atoms with E-state index < -0.39 is 0 Å². The van der Waals surface area contributed by atoms with Crippen LogP contribution in [0, 0.1) is 0 Å². The number of rotatable bonds is 1. The molecule has 0 saturated heterocycles. The summed E-state index contributed by atoms with van der Waals surface area (Å²) >= 11 is 0. The van der Waals surface area contributed by atoms with Gasteiger partial charge in [-0.2, -0.15) is 0 Å². The second kappa shape index (κ2) is 4.89. The van der Waals surface area contributed by atoms with Crippen molar-refractivity contribution in [2.24, 2.45) is 0 Å². The van der Waals surface area contributed by atoms with E-state index in [0.717, 1.165) is 35.7 Å². The van der Waals surface area contributed by atoms with Crippen LogP contribution in [-0.2, 0) is 12.8 Å². The van der Waals surface area contributed by atoms with Crippen molar-refractivity contribution in [3.8, 4) is 22.8 Å². The molecule has 104 valence electrons. The molecule has 1 aliphatic heterocycles. The Balaban J connectivity index is 1.70. The largest absolute Gasteiger partial charge is 0.461 e. The van der Waals surface area contributed by atoms with Gasteiger partial charge in [0, 0.05) is 12.0 Å². The summed E-state index contributed by atoms with van der Waals surface area (Å²) in [5.74, 6) is 3.76. The Morgan fingerprint density at radius 1 is 0.800 bits per heavy atom. The third-order valence-corrected chi connectivity index (χ3v) is 4.15. The molecule has 1 aliphatic carbocycles. The fourth-order valence-electron chi connectivity index (χ4n) is 3.04. The average Bonchev–Trinajstić information content (AvgIpc) is 3.04. The molecule has 0 unspecified atom stereocenters. The summed E-state index contributed by atoms with van der Waals surface area (Å²) in [5.41, 5.74) is 2.46. The summed E-state index contributed by atoms with van der Waals surface area (Å²) in [6, 6.07) is 8.21. The van der Waals surface area contributed by atoms with Crippen LogP contribution in [0.15, 0.2) is 28.7 Å². The number of hydrogen-bond donors (Lipinski definition) is 0. The summed E-state index contributed by atoms with van der Waals surface area (Å²) in [5, 5.41) is 0. The predicted molar refractivity (Wildman–Crippen MR) is 76.1 cm³/mol. The van der Waals surface area contributed by atoms with Gasteiger partial charge in [-0.3, -0.25) is 0 Å². The molecule has 3 nitrogen and oxygen atoms in total. The lowest BCUT2D eigenvalue weighted by molar-refractivity contribution is 0.174. The molecule has 1 aromatic heterocycles. The number of hydrogen-bond acceptors (Lipinski definition) is 3. The van der Waals surface area contributed by atoms with E-state index >= 15 is 0 Å². The van der Waals surface area contributed by atoms with Gasteiger partial charge in [-0.1, -0.05) is 12.8 Å². The summed E-state index contributed by atoms with van der Waals surface area (Å²) in [6.07, 6.45) is 7.38. The van der Waals surface area contributed by atoms with Gasteiger partial charge in [0.15, 0.2) is 11.5 Å². The summed E-state index contributed by atoms with van der Waals surface area (Å²) in [4.78, 5) is 0. The van der Waals surface area contributed by atoms with Crippen LogP contribution in [-0.4, -0.2) is 6.79 Å². The van der Waals surface area contributed by atoms with Crippen LogP contribution in [0.25, 0.3) is 11.3 Å². The molecule has 0 fully saturated rings. The van der Waals surface area contributed by atoms with Gasteiger partial charge in [0.05, 0.1) is 0 Å². The first-order chi connectivity index (χ1) is 9.90. The van der Waals surface area contributed by atoms with E-state index in [0.29, 0.717) is 6.79 Å². The highest BCUT2D eigenvalue weighted by atomic mass is 16.7. The van der Waals surface area contributed by atoms with Crippen LogP contribution in [0.4, 0.5) is 0 Å². The van der Waals surface area contributed by atoms with Gasteiger partial charge in [0.25, 0.3) is 0 Å². The quantitative estimate of drug-likeness (QED) is 0.772. The molecule has 2 aromatic rings. The Morgan fingerprint density at radius 2 is 1.65 bits per heavy atom. The zero-order valence-corrected chi connectivity index (χ0v) is 11.5. The molecule has 0 amide bonds. The standard InChI is InChI=1S/C17H18O3/c1-2-4-6-14-12(5-3-1)9-16(20-14)13-7-8-15-17(10-13)19-11-18-15/h7-10H,1-6,11H2. The first-order valence-corrected chi connectivity index (χ1v) is 7.42. The zero-order valence-electron chi connectivity index (χ0n) is 11.5. The lowest BCUT2D eigenvalue weighted by Crippen LogP contribution is -1.95. The zero-order chi connectivity index (χ0) is 13.4. The lowest BCUT2D eigenvalue weighted by Gasteiger charge is -2.06. The Kier molecular flexibility index (Phi) is 2.91. The molecule has 2 heterocycles. The van der Waals surface area contributed by atoms with E-state index in [9.17, 15) is 0 Å². The van der Waals surface area contributed by atoms with Crippen molar-refractivity contribution < 1.29 is 13.9 Å². The second-order valence-corrected chi connectivity index (χ2v) is 5.54. The van der Waals surface area contributed by atoms with E-state index in [4.69, 9.17) is 13.9 Å². The average molecular weight is 270 g/mol. The SMILES string of the molecule is c1cc2c(cc1-c1cc3c(o1)CCCCCC3)OCO2. The molecule has 2 aliphatic rings. The number of fused-ring (bicyclic) bond motifs is 2. The van der Waals surface area contributed by atoms with Crippen LogP contribution < -0.4 is 9.47 Å². The minimum Gasteiger partial charge on any atom is -0.461 e. The van der Waals surface area contributed by atoms with E-state index in [-0.39, 0.29) is 0 Å².